The summed E-state index contributed by atoms with van der Waals surface area (Å²) < 4.78 is 5.23. The highest BCUT2D eigenvalue weighted by molar-refractivity contribution is 5.90. The van der Waals surface area contributed by atoms with E-state index in [0.29, 0.717) is 29.9 Å². The average molecular weight is 305 g/mol. The second kappa shape index (κ2) is 8.03. The SMILES string of the molecule is COc1ccccc1NC(=O)NC[C@@H]1CCCN(C(C)C)C1. The van der Waals surface area contributed by atoms with Gasteiger partial charge in [0.15, 0.2) is 0 Å². The van der Waals surface area contributed by atoms with E-state index >= 15 is 0 Å². The maximum Gasteiger partial charge on any atom is 0.319 e. The van der Waals surface area contributed by atoms with Gasteiger partial charge in [-0.15, -0.1) is 0 Å². The molecule has 0 unspecified atom stereocenters. The molecule has 1 aliphatic heterocycles. The molecule has 1 fully saturated rings. The van der Waals surface area contributed by atoms with E-state index in [-0.39, 0.29) is 6.03 Å². The van der Waals surface area contributed by atoms with Gasteiger partial charge in [0.25, 0.3) is 0 Å². The van der Waals surface area contributed by atoms with Crippen molar-refractivity contribution in [2.24, 2.45) is 5.92 Å². The summed E-state index contributed by atoms with van der Waals surface area (Å²) in [4.78, 5) is 14.5. The van der Waals surface area contributed by atoms with Crippen molar-refractivity contribution in [3.63, 3.8) is 0 Å². The molecule has 1 saturated heterocycles. The van der Waals surface area contributed by atoms with Crippen LogP contribution in [0.2, 0.25) is 0 Å². The highest BCUT2D eigenvalue weighted by Gasteiger charge is 2.22. The average Bonchev–Trinajstić information content (AvgIpc) is 2.53. The fourth-order valence-electron chi connectivity index (χ4n) is 2.88. The van der Waals surface area contributed by atoms with Crippen LogP contribution >= 0.6 is 0 Å². The lowest BCUT2D eigenvalue weighted by atomic mass is 9.97. The number of methoxy groups -OCH3 is 1. The number of rotatable bonds is 5. The number of carbonyl (C=O) groups excluding carboxylic acids is 1. The number of nitrogens with one attached hydrogen (secondary N) is 2. The van der Waals surface area contributed by atoms with Crippen LogP contribution in [-0.4, -0.2) is 43.7 Å². The molecule has 0 radical (unpaired) electrons. The topological polar surface area (TPSA) is 53.6 Å². The van der Waals surface area contributed by atoms with Crippen molar-refractivity contribution in [3.8, 4) is 5.75 Å². The van der Waals surface area contributed by atoms with Crippen molar-refractivity contribution in [1.82, 2.24) is 10.2 Å². The number of piperidine rings is 1. The molecule has 2 rings (SSSR count). The Kier molecular flexibility index (Phi) is 6.07. The maximum atomic E-state index is 12.0. The minimum atomic E-state index is -0.175. The van der Waals surface area contributed by atoms with Crippen LogP contribution in [-0.2, 0) is 0 Å². The van der Waals surface area contributed by atoms with Crippen LogP contribution in [0.25, 0.3) is 0 Å². The van der Waals surface area contributed by atoms with Crippen LogP contribution in [0.4, 0.5) is 10.5 Å². The number of likely N-dealkylation sites (tertiary alicyclic amines) is 1. The predicted molar refractivity (Wildman–Crippen MR) is 89.4 cm³/mol. The van der Waals surface area contributed by atoms with Crippen molar-refractivity contribution in [1.29, 1.82) is 0 Å². The summed E-state index contributed by atoms with van der Waals surface area (Å²) in [5.74, 6) is 1.20. The van der Waals surface area contributed by atoms with Gasteiger partial charge in [-0.25, -0.2) is 4.79 Å². The van der Waals surface area contributed by atoms with Gasteiger partial charge in [-0.05, 0) is 51.3 Å². The normalized spacial score (nSPS) is 19.0. The summed E-state index contributed by atoms with van der Waals surface area (Å²) >= 11 is 0. The fourth-order valence-corrected chi connectivity index (χ4v) is 2.88. The highest BCUT2D eigenvalue weighted by atomic mass is 16.5. The summed E-state index contributed by atoms with van der Waals surface area (Å²) in [7, 11) is 1.60. The molecular weight excluding hydrogens is 278 g/mol. The zero-order valence-corrected chi connectivity index (χ0v) is 13.8. The molecule has 5 heteroatoms. The molecule has 1 aliphatic rings. The number of amides is 2. The number of hydrogen-bond donors (Lipinski definition) is 2. The number of carbonyl (C=O) groups is 1. The van der Waals surface area contributed by atoms with Crippen LogP contribution < -0.4 is 15.4 Å². The summed E-state index contributed by atoms with van der Waals surface area (Å²) in [6.07, 6.45) is 2.39. The Morgan fingerprint density at radius 3 is 2.91 bits per heavy atom. The lowest BCUT2D eigenvalue weighted by Gasteiger charge is -2.35. The van der Waals surface area contributed by atoms with E-state index in [0.717, 1.165) is 6.54 Å². The third-order valence-electron chi connectivity index (χ3n) is 4.19. The first-order valence-corrected chi connectivity index (χ1v) is 8.02. The van der Waals surface area contributed by atoms with Crippen LogP contribution in [0, 0.1) is 5.92 Å². The molecule has 22 heavy (non-hydrogen) atoms. The third kappa shape index (κ3) is 4.63. The number of nitrogens with zero attached hydrogens (tertiary/aromatic N) is 1. The second-order valence-corrected chi connectivity index (χ2v) is 6.13. The molecule has 0 saturated carbocycles. The smallest absolute Gasteiger partial charge is 0.319 e. The first-order valence-electron chi connectivity index (χ1n) is 8.02. The Balaban J connectivity index is 1.80. The number of urea groups is 1. The van der Waals surface area contributed by atoms with Crippen LogP contribution in [0.5, 0.6) is 5.75 Å². The highest BCUT2D eigenvalue weighted by Crippen LogP contribution is 2.23. The third-order valence-corrected chi connectivity index (χ3v) is 4.19. The van der Waals surface area contributed by atoms with E-state index in [1.54, 1.807) is 7.11 Å². The molecule has 5 nitrogen and oxygen atoms in total. The molecule has 1 atom stereocenters. The van der Waals surface area contributed by atoms with Gasteiger partial charge in [0, 0.05) is 19.1 Å². The number of ether oxygens (including phenoxy) is 1. The van der Waals surface area contributed by atoms with E-state index < -0.39 is 0 Å². The molecule has 1 heterocycles. The van der Waals surface area contributed by atoms with Crippen molar-refractivity contribution in [2.75, 3.05) is 32.1 Å². The van der Waals surface area contributed by atoms with Crippen molar-refractivity contribution in [2.45, 2.75) is 32.7 Å². The largest absolute Gasteiger partial charge is 0.495 e. The molecular formula is C17H27N3O2. The zero-order valence-electron chi connectivity index (χ0n) is 13.8. The number of anilines is 1. The van der Waals surface area contributed by atoms with Crippen molar-refractivity contribution in [3.05, 3.63) is 24.3 Å². The minimum absolute atomic E-state index is 0.175. The maximum absolute atomic E-state index is 12.0. The molecule has 122 valence electrons. The van der Waals surface area contributed by atoms with Crippen molar-refractivity contribution < 1.29 is 9.53 Å². The molecule has 1 aromatic rings. The van der Waals surface area contributed by atoms with E-state index in [9.17, 15) is 4.79 Å². The van der Waals surface area contributed by atoms with E-state index in [2.05, 4.69) is 29.4 Å². The van der Waals surface area contributed by atoms with Gasteiger partial charge >= 0.3 is 6.03 Å². The van der Waals surface area contributed by atoms with E-state index in [1.807, 2.05) is 24.3 Å². The summed E-state index contributed by atoms with van der Waals surface area (Å²) in [6.45, 7) is 7.40. The Hall–Kier alpha value is -1.75. The lowest BCUT2D eigenvalue weighted by Crippen LogP contribution is -2.44. The fraction of sp³-hybridized carbons (Fsp3) is 0.588. The minimum Gasteiger partial charge on any atom is -0.495 e. The number of para-hydroxylation sites is 2. The Morgan fingerprint density at radius 1 is 1.41 bits per heavy atom. The molecule has 2 amide bonds. The van der Waals surface area contributed by atoms with Gasteiger partial charge in [-0.2, -0.15) is 0 Å². The van der Waals surface area contributed by atoms with Gasteiger partial charge in [0.2, 0.25) is 0 Å². The van der Waals surface area contributed by atoms with Gasteiger partial charge in [-0.3, -0.25) is 0 Å². The molecule has 0 aliphatic carbocycles. The number of hydrogen-bond acceptors (Lipinski definition) is 3. The zero-order chi connectivity index (χ0) is 15.9. The van der Waals surface area contributed by atoms with Crippen LogP contribution in [0.3, 0.4) is 0 Å². The first-order chi connectivity index (χ1) is 10.6. The monoisotopic (exact) mass is 305 g/mol. The van der Waals surface area contributed by atoms with E-state index in [4.69, 9.17) is 4.74 Å². The van der Waals surface area contributed by atoms with E-state index in [1.165, 1.54) is 19.4 Å². The summed E-state index contributed by atoms with van der Waals surface area (Å²) in [6, 6.07) is 7.82. The number of benzene rings is 1. The quantitative estimate of drug-likeness (QED) is 0.879. The van der Waals surface area contributed by atoms with Crippen LogP contribution in [0.15, 0.2) is 24.3 Å². The second-order valence-electron chi connectivity index (χ2n) is 6.13. The molecule has 0 spiro atoms. The summed E-state index contributed by atoms with van der Waals surface area (Å²) in [5.41, 5.74) is 0.690. The van der Waals surface area contributed by atoms with Gasteiger partial charge in [0.05, 0.1) is 12.8 Å². The van der Waals surface area contributed by atoms with Gasteiger partial charge < -0.3 is 20.3 Å². The van der Waals surface area contributed by atoms with Gasteiger partial charge in [0.1, 0.15) is 5.75 Å². The Morgan fingerprint density at radius 2 is 2.18 bits per heavy atom. The Bertz CT molecular complexity index is 491. The standard InChI is InChI=1S/C17H27N3O2/c1-13(2)20-10-6-7-14(12-20)11-18-17(21)19-15-8-4-5-9-16(15)22-3/h4-5,8-9,13-14H,6-7,10-12H2,1-3H3,(H2,18,19,21)/t14-/m0/s1. The van der Waals surface area contributed by atoms with Gasteiger partial charge in [-0.1, -0.05) is 12.1 Å². The molecule has 0 bridgehead atoms. The molecule has 1 aromatic carbocycles. The lowest BCUT2D eigenvalue weighted by molar-refractivity contribution is 0.139. The summed E-state index contributed by atoms with van der Waals surface area (Å²) in [5, 5.41) is 5.83. The predicted octanol–water partition coefficient (Wildman–Crippen LogP) is 2.94. The molecule has 2 N–H and O–H groups in total. The van der Waals surface area contributed by atoms with Crippen molar-refractivity contribution >= 4 is 11.7 Å². The van der Waals surface area contributed by atoms with Crippen LogP contribution in [0.1, 0.15) is 26.7 Å². The first kappa shape index (κ1) is 16.6. The Labute approximate surface area is 133 Å². The molecule has 0 aromatic heterocycles.